The molecule has 0 spiro atoms. The van der Waals surface area contributed by atoms with Gasteiger partial charge in [0.1, 0.15) is 0 Å². The maximum absolute atomic E-state index is 2.28. The molecule has 0 fully saturated rings. The summed E-state index contributed by atoms with van der Waals surface area (Å²) >= 11 is 0. The first-order valence-electron chi connectivity index (χ1n) is 14.0. The molecule has 0 aromatic heterocycles. The zero-order valence-corrected chi connectivity index (χ0v) is 23.7. The molecule has 6 rings (SSSR count). The van der Waals surface area contributed by atoms with Crippen LogP contribution in [0.1, 0.15) is 22.3 Å². The summed E-state index contributed by atoms with van der Waals surface area (Å²) in [5, 5.41) is 0. The van der Waals surface area contributed by atoms with Crippen LogP contribution in [0, 0.1) is 27.7 Å². The van der Waals surface area contributed by atoms with Crippen LogP contribution in [-0.4, -0.2) is 0 Å². The summed E-state index contributed by atoms with van der Waals surface area (Å²) in [6, 6.07) is 48.6. The fraction of sp³-hybridized carbons (Fsp3) is 0.100. The molecule has 0 aliphatic heterocycles. The van der Waals surface area contributed by atoms with E-state index in [1.165, 1.54) is 77.9 Å². The molecule has 0 aliphatic carbocycles. The molecule has 0 nitrogen and oxygen atoms in total. The Kier molecular flexibility index (Phi) is 6.93. The molecule has 0 N–H and O–H groups in total. The largest absolute Gasteiger partial charge is 0.0617 e. The molecule has 6 aromatic rings. The fourth-order valence-corrected chi connectivity index (χ4v) is 6.26. The van der Waals surface area contributed by atoms with Crippen molar-refractivity contribution in [3.63, 3.8) is 0 Å². The highest BCUT2D eigenvalue weighted by Crippen LogP contribution is 2.44. The predicted octanol–water partition coefficient (Wildman–Crippen LogP) is 11.3. The van der Waals surface area contributed by atoms with E-state index in [4.69, 9.17) is 0 Å². The van der Waals surface area contributed by atoms with E-state index in [2.05, 4.69) is 161 Å². The summed E-state index contributed by atoms with van der Waals surface area (Å²) in [5.74, 6) is 0. The first-order chi connectivity index (χ1) is 19.5. The Balaban J connectivity index is 1.59. The van der Waals surface area contributed by atoms with Gasteiger partial charge < -0.3 is 0 Å². The van der Waals surface area contributed by atoms with Crippen LogP contribution >= 0.6 is 0 Å². The summed E-state index contributed by atoms with van der Waals surface area (Å²) in [6.07, 6.45) is 0. The lowest BCUT2D eigenvalue weighted by Gasteiger charge is -2.20. The summed E-state index contributed by atoms with van der Waals surface area (Å²) < 4.78 is 0. The number of hydrogen-bond acceptors (Lipinski definition) is 0. The Morgan fingerprint density at radius 1 is 0.225 bits per heavy atom. The van der Waals surface area contributed by atoms with Crippen molar-refractivity contribution < 1.29 is 0 Å². The minimum atomic E-state index is 1.24. The molecule has 0 unspecified atom stereocenters. The zero-order valence-electron chi connectivity index (χ0n) is 23.7. The standard InChI is InChI=1S/C40H34/c1-27-15-13-16-28(2)39(27)37-25-11-9-23-35(37)33-21-7-5-19-31(33)32-20-6-8-22-34(32)36-24-10-12-26-38(36)40-29(3)17-14-18-30(40)4/h5-26H,1-4H3. The molecule has 0 amide bonds. The van der Waals surface area contributed by atoms with E-state index in [1.807, 2.05) is 0 Å². The first-order valence-corrected chi connectivity index (χ1v) is 14.0. The van der Waals surface area contributed by atoms with E-state index in [0.29, 0.717) is 0 Å². The van der Waals surface area contributed by atoms with Gasteiger partial charge in [-0.2, -0.15) is 0 Å². The SMILES string of the molecule is Cc1cccc(C)c1-c1ccccc1-c1ccccc1-c1ccccc1-c1ccccc1-c1c(C)cccc1C. The van der Waals surface area contributed by atoms with Gasteiger partial charge in [0, 0.05) is 0 Å². The van der Waals surface area contributed by atoms with Gasteiger partial charge in [0.2, 0.25) is 0 Å². The van der Waals surface area contributed by atoms with Gasteiger partial charge in [-0.25, -0.2) is 0 Å². The number of benzene rings is 6. The van der Waals surface area contributed by atoms with Gasteiger partial charge in [-0.3, -0.25) is 0 Å². The lowest BCUT2D eigenvalue weighted by molar-refractivity contribution is 1.38. The van der Waals surface area contributed by atoms with Crippen LogP contribution < -0.4 is 0 Å². The van der Waals surface area contributed by atoms with E-state index < -0.39 is 0 Å². The molecular formula is C40H34. The van der Waals surface area contributed by atoms with Gasteiger partial charge in [0.15, 0.2) is 0 Å². The minimum absolute atomic E-state index is 1.24. The van der Waals surface area contributed by atoms with Gasteiger partial charge in [-0.05, 0) is 106 Å². The van der Waals surface area contributed by atoms with Crippen LogP contribution in [0.5, 0.6) is 0 Å². The van der Waals surface area contributed by atoms with Crippen LogP contribution in [0.2, 0.25) is 0 Å². The van der Waals surface area contributed by atoms with E-state index >= 15 is 0 Å². The Morgan fingerprint density at radius 3 is 0.675 bits per heavy atom. The monoisotopic (exact) mass is 514 g/mol. The first kappa shape index (κ1) is 25.6. The van der Waals surface area contributed by atoms with Crippen molar-refractivity contribution in [2.75, 3.05) is 0 Å². The van der Waals surface area contributed by atoms with Crippen LogP contribution in [0.15, 0.2) is 133 Å². The molecule has 0 atom stereocenters. The lowest BCUT2D eigenvalue weighted by atomic mass is 9.83. The van der Waals surface area contributed by atoms with Crippen LogP contribution in [0.4, 0.5) is 0 Å². The molecule has 0 heterocycles. The van der Waals surface area contributed by atoms with Gasteiger partial charge in [0.25, 0.3) is 0 Å². The highest BCUT2D eigenvalue weighted by molar-refractivity contribution is 5.99. The van der Waals surface area contributed by atoms with Crippen LogP contribution in [-0.2, 0) is 0 Å². The number of rotatable bonds is 5. The number of hydrogen-bond donors (Lipinski definition) is 0. The van der Waals surface area contributed by atoms with Crippen molar-refractivity contribution in [2.45, 2.75) is 27.7 Å². The van der Waals surface area contributed by atoms with E-state index in [9.17, 15) is 0 Å². The Bertz CT molecular complexity index is 1660. The van der Waals surface area contributed by atoms with Crippen molar-refractivity contribution in [3.05, 3.63) is 156 Å². The maximum Gasteiger partial charge on any atom is -0.00990 e. The van der Waals surface area contributed by atoms with Gasteiger partial charge in [-0.15, -0.1) is 0 Å². The highest BCUT2D eigenvalue weighted by atomic mass is 14.2. The molecular weight excluding hydrogens is 480 g/mol. The molecule has 6 aromatic carbocycles. The van der Waals surface area contributed by atoms with E-state index in [-0.39, 0.29) is 0 Å². The quantitative estimate of drug-likeness (QED) is 0.215. The van der Waals surface area contributed by atoms with Gasteiger partial charge in [0.05, 0.1) is 0 Å². The lowest BCUT2D eigenvalue weighted by Crippen LogP contribution is -1.95. The van der Waals surface area contributed by atoms with Crippen LogP contribution in [0.25, 0.3) is 55.6 Å². The third-order valence-electron chi connectivity index (χ3n) is 8.08. The van der Waals surface area contributed by atoms with Crippen molar-refractivity contribution >= 4 is 0 Å². The normalized spacial score (nSPS) is 11.0. The maximum atomic E-state index is 2.28. The molecule has 40 heavy (non-hydrogen) atoms. The second-order valence-corrected chi connectivity index (χ2v) is 10.7. The summed E-state index contributed by atoms with van der Waals surface area (Å²) in [6.45, 7) is 8.85. The van der Waals surface area contributed by atoms with Gasteiger partial charge >= 0.3 is 0 Å². The molecule has 0 radical (unpaired) electrons. The van der Waals surface area contributed by atoms with Crippen molar-refractivity contribution in [1.29, 1.82) is 0 Å². The summed E-state index contributed by atoms with van der Waals surface area (Å²) in [4.78, 5) is 0. The second kappa shape index (κ2) is 10.8. The Labute approximate surface area is 238 Å². The topological polar surface area (TPSA) is 0 Å². The van der Waals surface area contributed by atoms with E-state index in [0.717, 1.165) is 0 Å². The van der Waals surface area contributed by atoms with Crippen molar-refractivity contribution in [1.82, 2.24) is 0 Å². The zero-order chi connectivity index (χ0) is 27.6. The molecule has 0 heteroatoms. The third kappa shape index (κ3) is 4.56. The predicted molar refractivity (Wildman–Crippen MR) is 173 cm³/mol. The molecule has 194 valence electrons. The highest BCUT2D eigenvalue weighted by Gasteiger charge is 2.18. The smallest absolute Gasteiger partial charge is 0.00990 e. The molecule has 0 saturated heterocycles. The molecule has 0 aliphatic rings. The van der Waals surface area contributed by atoms with Gasteiger partial charge in [-0.1, -0.05) is 133 Å². The third-order valence-corrected chi connectivity index (χ3v) is 8.08. The second-order valence-electron chi connectivity index (χ2n) is 10.7. The van der Waals surface area contributed by atoms with Crippen molar-refractivity contribution in [3.8, 4) is 55.6 Å². The van der Waals surface area contributed by atoms with E-state index in [1.54, 1.807) is 0 Å². The number of aryl methyl sites for hydroxylation is 4. The Morgan fingerprint density at radius 2 is 0.425 bits per heavy atom. The van der Waals surface area contributed by atoms with Crippen molar-refractivity contribution in [2.24, 2.45) is 0 Å². The Hall–Kier alpha value is -4.68. The molecule has 0 bridgehead atoms. The fourth-order valence-electron chi connectivity index (χ4n) is 6.26. The summed E-state index contributed by atoms with van der Waals surface area (Å²) in [5.41, 5.74) is 17.9. The summed E-state index contributed by atoms with van der Waals surface area (Å²) in [7, 11) is 0. The van der Waals surface area contributed by atoms with Crippen LogP contribution in [0.3, 0.4) is 0 Å². The minimum Gasteiger partial charge on any atom is -0.0617 e. The average molecular weight is 515 g/mol. The molecule has 0 saturated carbocycles. The average Bonchev–Trinajstić information content (AvgIpc) is 2.98.